The predicted octanol–water partition coefficient (Wildman–Crippen LogP) is 2.82. The molecule has 0 radical (unpaired) electrons. The average molecular weight is 387 g/mol. The molecule has 1 aliphatic carbocycles. The summed E-state index contributed by atoms with van der Waals surface area (Å²) in [5.41, 5.74) is 3.26. The summed E-state index contributed by atoms with van der Waals surface area (Å²) >= 11 is 0. The van der Waals surface area contributed by atoms with Crippen molar-refractivity contribution in [2.45, 2.75) is 50.7 Å². The number of aromatic nitrogens is 3. The molecule has 6 nitrogen and oxygen atoms in total. The number of aryl methyl sites for hydroxylation is 1. The fourth-order valence-electron chi connectivity index (χ4n) is 4.37. The lowest BCUT2D eigenvalue weighted by molar-refractivity contribution is 0.457. The molecule has 0 N–H and O–H groups in total. The molecule has 0 spiro atoms. The van der Waals surface area contributed by atoms with Gasteiger partial charge >= 0.3 is 0 Å². The number of anilines is 1. The molecule has 2 aromatic heterocycles. The van der Waals surface area contributed by atoms with Crippen LogP contribution in [-0.2, 0) is 22.7 Å². The van der Waals surface area contributed by atoms with Crippen molar-refractivity contribution in [1.82, 2.24) is 15.0 Å². The molecular formula is C20H26N4O2S. The molecule has 1 fully saturated rings. The third-order valence-electron chi connectivity index (χ3n) is 6.21. The molecule has 7 heteroatoms. The zero-order valence-corrected chi connectivity index (χ0v) is 16.8. The Bertz CT molecular complexity index is 940. The minimum absolute atomic E-state index is 0.193. The molecule has 2 aliphatic rings. The summed E-state index contributed by atoms with van der Waals surface area (Å²) in [6.07, 6.45) is 7.77. The highest BCUT2D eigenvalue weighted by Gasteiger charge is 2.46. The van der Waals surface area contributed by atoms with Crippen LogP contribution in [0.25, 0.3) is 11.4 Å². The fraction of sp³-hybridized carbons (Fsp3) is 0.550. The van der Waals surface area contributed by atoms with E-state index in [1.165, 1.54) is 5.56 Å². The minimum Gasteiger partial charge on any atom is -0.354 e. The van der Waals surface area contributed by atoms with Crippen molar-refractivity contribution in [3.8, 4) is 11.4 Å². The van der Waals surface area contributed by atoms with Crippen LogP contribution in [0.2, 0.25) is 0 Å². The first-order valence-electron chi connectivity index (χ1n) is 9.77. The fourth-order valence-corrected chi connectivity index (χ4v) is 6.50. The molecule has 0 unspecified atom stereocenters. The quantitative estimate of drug-likeness (QED) is 0.804. The van der Waals surface area contributed by atoms with E-state index in [4.69, 9.17) is 9.97 Å². The van der Waals surface area contributed by atoms with Crippen LogP contribution in [0.3, 0.4) is 0 Å². The Hall–Kier alpha value is -2.02. The van der Waals surface area contributed by atoms with Gasteiger partial charge < -0.3 is 4.90 Å². The van der Waals surface area contributed by atoms with Gasteiger partial charge in [-0.1, -0.05) is 13.8 Å². The second-order valence-electron chi connectivity index (χ2n) is 7.52. The summed E-state index contributed by atoms with van der Waals surface area (Å²) in [6, 6.07) is 3.84. The molecule has 0 saturated carbocycles. The maximum Gasteiger partial charge on any atom is 0.161 e. The smallest absolute Gasteiger partial charge is 0.161 e. The van der Waals surface area contributed by atoms with E-state index < -0.39 is 14.6 Å². The van der Waals surface area contributed by atoms with E-state index >= 15 is 0 Å². The van der Waals surface area contributed by atoms with Gasteiger partial charge in [-0.2, -0.15) is 0 Å². The van der Waals surface area contributed by atoms with Crippen molar-refractivity contribution in [2.75, 3.05) is 23.7 Å². The topological polar surface area (TPSA) is 76.1 Å². The first-order valence-corrected chi connectivity index (χ1v) is 11.4. The average Bonchev–Trinajstić information content (AvgIpc) is 3.17. The molecule has 1 saturated heterocycles. The van der Waals surface area contributed by atoms with Crippen molar-refractivity contribution >= 4 is 15.7 Å². The third kappa shape index (κ3) is 3.02. The lowest BCUT2D eigenvalue weighted by atomic mass is 10.0. The lowest BCUT2D eigenvalue weighted by Gasteiger charge is -2.42. The number of hydrogen-bond donors (Lipinski definition) is 0. The van der Waals surface area contributed by atoms with Crippen LogP contribution < -0.4 is 4.90 Å². The van der Waals surface area contributed by atoms with Crippen LogP contribution in [0, 0.1) is 0 Å². The summed E-state index contributed by atoms with van der Waals surface area (Å²) in [5, 5.41) is 0. The Kier molecular flexibility index (Phi) is 4.66. The van der Waals surface area contributed by atoms with Crippen LogP contribution >= 0.6 is 0 Å². The molecule has 2 aromatic rings. The minimum atomic E-state index is -3.10. The third-order valence-corrected chi connectivity index (χ3v) is 8.95. The number of pyridine rings is 1. The van der Waals surface area contributed by atoms with Crippen molar-refractivity contribution in [3.63, 3.8) is 0 Å². The van der Waals surface area contributed by atoms with Crippen LogP contribution in [0.5, 0.6) is 0 Å². The number of fused-ring (bicyclic) bond motifs is 1. The summed E-state index contributed by atoms with van der Waals surface area (Å²) in [6.45, 7) is 4.99. The second-order valence-corrected chi connectivity index (χ2v) is 10.0. The van der Waals surface area contributed by atoms with Crippen LogP contribution in [-0.4, -0.2) is 47.0 Å². The molecular weight excluding hydrogens is 360 g/mol. The SMILES string of the molecule is CCC1(CC)CN(c2nc(-c3ccncc3)nc3c2CCC3)CCS1(=O)=O. The number of nitrogens with zero attached hydrogens (tertiary/aromatic N) is 4. The van der Waals surface area contributed by atoms with Gasteiger partial charge in [0.05, 0.1) is 10.5 Å². The molecule has 0 atom stereocenters. The van der Waals surface area contributed by atoms with E-state index in [0.717, 1.165) is 36.3 Å². The van der Waals surface area contributed by atoms with E-state index in [0.29, 0.717) is 31.8 Å². The Balaban J connectivity index is 1.79. The second kappa shape index (κ2) is 6.86. The predicted molar refractivity (Wildman–Crippen MR) is 107 cm³/mol. The number of rotatable bonds is 4. The molecule has 144 valence electrons. The molecule has 3 heterocycles. The Labute approximate surface area is 161 Å². The first-order chi connectivity index (χ1) is 13.0. The maximum absolute atomic E-state index is 12.8. The zero-order valence-electron chi connectivity index (χ0n) is 16.0. The highest BCUT2D eigenvalue weighted by molar-refractivity contribution is 7.92. The van der Waals surface area contributed by atoms with Crippen molar-refractivity contribution in [3.05, 3.63) is 35.8 Å². The zero-order chi connectivity index (χ0) is 19.1. The van der Waals surface area contributed by atoms with Gasteiger partial charge in [0.15, 0.2) is 15.7 Å². The summed E-state index contributed by atoms with van der Waals surface area (Å²) in [7, 11) is -3.10. The van der Waals surface area contributed by atoms with Gasteiger partial charge in [-0.05, 0) is 44.2 Å². The highest BCUT2D eigenvalue weighted by atomic mass is 32.2. The van der Waals surface area contributed by atoms with Crippen molar-refractivity contribution in [2.24, 2.45) is 0 Å². The van der Waals surface area contributed by atoms with E-state index in [-0.39, 0.29) is 5.75 Å². The van der Waals surface area contributed by atoms with Gasteiger partial charge in [-0.25, -0.2) is 18.4 Å². The van der Waals surface area contributed by atoms with Gasteiger partial charge in [-0.15, -0.1) is 0 Å². The number of hydrogen-bond acceptors (Lipinski definition) is 6. The maximum atomic E-state index is 12.8. The summed E-state index contributed by atoms with van der Waals surface area (Å²) < 4.78 is 24.9. The first kappa shape index (κ1) is 18.3. The molecule has 0 amide bonds. The van der Waals surface area contributed by atoms with Gasteiger partial charge in [0.1, 0.15) is 5.82 Å². The van der Waals surface area contributed by atoms with Gasteiger partial charge in [0, 0.05) is 42.3 Å². The van der Waals surface area contributed by atoms with Crippen LogP contribution in [0.15, 0.2) is 24.5 Å². The van der Waals surface area contributed by atoms with E-state index in [1.807, 2.05) is 26.0 Å². The monoisotopic (exact) mass is 386 g/mol. The van der Waals surface area contributed by atoms with Crippen molar-refractivity contribution < 1.29 is 8.42 Å². The number of sulfone groups is 1. The molecule has 0 bridgehead atoms. The molecule has 1 aliphatic heterocycles. The van der Waals surface area contributed by atoms with E-state index in [9.17, 15) is 8.42 Å². The van der Waals surface area contributed by atoms with E-state index in [1.54, 1.807) is 12.4 Å². The Morgan fingerprint density at radius 1 is 1.11 bits per heavy atom. The van der Waals surface area contributed by atoms with Crippen molar-refractivity contribution in [1.29, 1.82) is 0 Å². The summed E-state index contributed by atoms with van der Waals surface area (Å²) in [4.78, 5) is 16.0. The molecule has 0 aromatic carbocycles. The van der Waals surface area contributed by atoms with Crippen LogP contribution in [0.1, 0.15) is 44.4 Å². The normalized spacial score (nSPS) is 20.4. The Morgan fingerprint density at radius 3 is 2.56 bits per heavy atom. The molecule has 27 heavy (non-hydrogen) atoms. The largest absolute Gasteiger partial charge is 0.354 e. The van der Waals surface area contributed by atoms with Gasteiger partial charge in [-0.3, -0.25) is 4.98 Å². The van der Waals surface area contributed by atoms with Gasteiger partial charge in [0.25, 0.3) is 0 Å². The van der Waals surface area contributed by atoms with Gasteiger partial charge in [0.2, 0.25) is 0 Å². The Morgan fingerprint density at radius 2 is 1.85 bits per heavy atom. The molecule has 4 rings (SSSR count). The standard InChI is InChI=1S/C20H26N4O2S/c1-3-20(4-2)14-24(12-13-27(20,25)26)19-16-6-5-7-17(16)22-18(23-19)15-8-10-21-11-9-15/h8-11H,3-7,12-14H2,1-2H3. The highest BCUT2D eigenvalue weighted by Crippen LogP contribution is 2.37. The van der Waals surface area contributed by atoms with E-state index in [2.05, 4.69) is 9.88 Å². The van der Waals surface area contributed by atoms with Crippen LogP contribution in [0.4, 0.5) is 5.82 Å². The lowest BCUT2D eigenvalue weighted by Crippen LogP contribution is -2.56. The summed E-state index contributed by atoms with van der Waals surface area (Å²) in [5.74, 6) is 1.84.